The molecule has 1 heterocycles. The van der Waals surface area contributed by atoms with Crippen LogP contribution >= 0.6 is 0 Å². The smallest absolute Gasteiger partial charge is 0.263 e. The van der Waals surface area contributed by atoms with Gasteiger partial charge in [0.05, 0.1) is 17.5 Å². The summed E-state index contributed by atoms with van der Waals surface area (Å²) in [6, 6.07) is -0.399. The molecule has 6 heteroatoms. The zero-order valence-electron chi connectivity index (χ0n) is 8.06. The summed E-state index contributed by atoms with van der Waals surface area (Å²) >= 11 is 0. The Hall–Kier alpha value is -0.880. The minimum atomic E-state index is -3.00. The molecule has 1 aliphatic rings. The van der Waals surface area contributed by atoms with Gasteiger partial charge in [-0.3, -0.25) is 9.80 Å². The normalized spacial score (nSPS) is 24.6. The van der Waals surface area contributed by atoms with Gasteiger partial charge in [0.15, 0.2) is 9.84 Å². The van der Waals surface area contributed by atoms with Gasteiger partial charge in [0.25, 0.3) is 5.91 Å². The number of amides is 1. The van der Waals surface area contributed by atoms with Gasteiger partial charge in [0.2, 0.25) is 0 Å². The number of hydrogen-bond acceptors (Lipinski definition) is 4. The maximum Gasteiger partial charge on any atom is 0.263 e. The quantitative estimate of drug-likeness (QED) is 0.292. The number of hydrogen-bond donors (Lipinski definition) is 1. The highest BCUT2D eigenvalue weighted by atomic mass is 32.2. The van der Waals surface area contributed by atoms with E-state index >= 15 is 0 Å². The second-order valence-corrected chi connectivity index (χ2v) is 5.78. The van der Waals surface area contributed by atoms with Gasteiger partial charge in [-0.25, -0.2) is 14.3 Å². The number of carbonyl (C=O) groups excluding carboxylic acids is 1. The van der Waals surface area contributed by atoms with Gasteiger partial charge in [-0.05, 0) is 13.3 Å². The van der Waals surface area contributed by atoms with E-state index in [9.17, 15) is 13.2 Å². The molecule has 2 N–H and O–H groups in total. The SMILES string of the molecule is C=C(C)C(=O)N(N)C1CCS(=O)(=O)C1. The average molecular weight is 218 g/mol. The van der Waals surface area contributed by atoms with Crippen molar-refractivity contribution in [1.82, 2.24) is 5.01 Å². The Morgan fingerprint density at radius 1 is 1.57 bits per heavy atom. The molecular weight excluding hydrogens is 204 g/mol. The monoisotopic (exact) mass is 218 g/mol. The second-order valence-electron chi connectivity index (χ2n) is 3.55. The first-order chi connectivity index (χ1) is 6.33. The lowest BCUT2D eigenvalue weighted by Gasteiger charge is -2.22. The van der Waals surface area contributed by atoms with E-state index in [0.717, 1.165) is 5.01 Å². The first-order valence-electron chi connectivity index (χ1n) is 4.27. The molecule has 0 aromatic carbocycles. The van der Waals surface area contributed by atoms with E-state index in [-0.39, 0.29) is 11.5 Å². The molecule has 0 aromatic rings. The molecule has 0 saturated carbocycles. The molecule has 1 unspecified atom stereocenters. The first kappa shape index (κ1) is 11.2. The molecule has 1 rings (SSSR count). The molecular formula is C8H14N2O3S. The highest BCUT2D eigenvalue weighted by Crippen LogP contribution is 2.16. The van der Waals surface area contributed by atoms with Crippen molar-refractivity contribution in [2.24, 2.45) is 5.84 Å². The maximum absolute atomic E-state index is 11.3. The van der Waals surface area contributed by atoms with E-state index in [4.69, 9.17) is 5.84 Å². The molecule has 5 nitrogen and oxygen atoms in total. The van der Waals surface area contributed by atoms with Crippen molar-refractivity contribution in [3.05, 3.63) is 12.2 Å². The highest BCUT2D eigenvalue weighted by molar-refractivity contribution is 7.91. The average Bonchev–Trinajstić information content (AvgIpc) is 2.43. The van der Waals surface area contributed by atoms with Crippen LogP contribution in [0.1, 0.15) is 13.3 Å². The predicted molar refractivity (Wildman–Crippen MR) is 52.9 cm³/mol. The summed E-state index contributed by atoms with van der Waals surface area (Å²) < 4.78 is 22.2. The number of nitrogens with zero attached hydrogens (tertiary/aromatic N) is 1. The van der Waals surface area contributed by atoms with E-state index in [1.165, 1.54) is 0 Å². The van der Waals surface area contributed by atoms with Crippen molar-refractivity contribution in [2.75, 3.05) is 11.5 Å². The lowest BCUT2D eigenvalue weighted by atomic mass is 10.2. The van der Waals surface area contributed by atoms with Crippen molar-refractivity contribution in [3.63, 3.8) is 0 Å². The number of sulfone groups is 1. The van der Waals surface area contributed by atoms with E-state index in [1.54, 1.807) is 6.92 Å². The van der Waals surface area contributed by atoms with Crippen LogP contribution in [0.15, 0.2) is 12.2 Å². The third-order valence-corrected chi connectivity index (χ3v) is 3.95. The molecule has 1 atom stereocenters. The van der Waals surface area contributed by atoms with Crippen LogP contribution < -0.4 is 5.84 Å². The third-order valence-electron chi connectivity index (χ3n) is 2.20. The summed E-state index contributed by atoms with van der Waals surface area (Å²) in [7, 11) is -3.00. The molecule has 0 aromatic heterocycles. The Labute approximate surface area is 83.5 Å². The van der Waals surface area contributed by atoms with Gasteiger partial charge < -0.3 is 0 Å². The molecule has 1 fully saturated rings. The summed E-state index contributed by atoms with van der Waals surface area (Å²) in [5.41, 5.74) is 0.316. The lowest BCUT2D eigenvalue weighted by Crippen LogP contribution is -2.46. The van der Waals surface area contributed by atoms with Crippen LogP contribution in [0.2, 0.25) is 0 Å². The molecule has 14 heavy (non-hydrogen) atoms. The van der Waals surface area contributed by atoms with Gasteiger partial charge in [0.1, 0.15) is 0 Å². The first-order valence-corrected chi connectivity index (χ1v) is 6.10. The molecule has 0 aliphatic carbocycles. The van der Waals surface area contributed by atoms with Gasteiger partial charge in [-0.1, -0.05) is 6.58 Å². The van der Waals surface area contributed by atoms with Crippen LogP contribution in [-0.2, 0) is 14.6 Å². The standard InChI is InChI=1S/C8H14N2O3S/c1-6(2)8(11)10(9)7-3-4-14(12,13)5-7/h7H,1,3-5,9H2,2H3. The van der Waals surface area contributed by atoms with Gasteiger partial charge >= 0.3 is 0 Å². The minimum absolute atomic E-state index is 0.0392. The van der Waals surface area contributed by atoms with E-state index < -0.39 is 21.8 Å². The largest absolute Gasteiger partial charge is 0.273 e. The molecule has 0 radical (unpaired) electrons. The summed E-state index contributed by atoms with van der Waals surface area (Å²) in [4.78, 5) is 11.3. The topological polar surface area (TPSA) is 80.5 Å². The van der Waals surface area contributed by atoms with Crippen molar-refractivity contribution in [2.45, 2.75) is 19.4 Å². The minimum Gasteiger partial charge on any atom is -0.273 e. The zero-order chi connectivity index (χ0) is 10.9. The van der Waals surface area contributed by atoms with Gasteiger partial charge in [-0.2, -0.15) is 0 Å². The fourth-order valence-electron chi connectivity index (χ4n) is 1.38. The van der Waals surface area contributed by atoms with Crippen LogP contribution in [0, 0.1) is 0 Å². The number of hydrazine groups is 1. The van der Waals surface area contributed by atoms with Crippen LogP contribution in [-0.4, -0.2) is 36.9 Å². The van der Waals surface area contributed by atoms with Gasteiger partial charge in [0, 0.05) is 5.57 Å². The molecule has 0 bridgehead atoms. The van der Waals surface area contributed by atoms with Crippen LogP contribution in [0.5, 0.6) is 0 Å². The van der Waals surface area contributed by atoms with E-state index in [2.05, 4.69) is 6.58 Å². The summed E-state index contributed by atoms with van der Waals surface area (Å²) in [5.74, 6) is 5.17. The Balaban J connectivity index is 2.69. The summed E-state index contributed by atoms with van der Waals surface area (Å²) in [5, 5.41) is 0.979. The van der Waals surface area contributed by atoms with E-state index in [0.29, 0.717) is 12.0 Å². The predicted octanol–water partition coefficient (Wildman–Crippen LogP) is -0.548. The van der Waals surface area contributed by atoms with Crippen molar-refractivity contribution >= 4 is 15.7 Å². The second kappa shape index (κ2) is 3.70. The van der Waals surface area contributed by atoms with Crippen LogP contribution in [0.3, 0.4) is 0 Å². The van der Waals surface area contributed by atoms with Gasteiger partial charge in [-0.15, -0.1) is 0 Å². The molecule has 0 spiro atoms. The van der Waals surface area contributed by atoms with E-state index in [1.807, 2.05) is 0 Å². The lowest BCUT2D eigenvalue weighted by molar-refractivity contribution is -0.129. The number of rotatable bonds is 2. The number of carbonyl (C=O) groups is 1. The molecule has 1 saturated heterocycles. The molecule has 1 amide bonds. The number of nitrogens with two attached hydrogens (primary N) is 1. The van der Waals surface area contributed by atoms with Crippen molar-refractivity contribution < 1.29 is 13.2 Å². The maximum atomic E-state index is 11.3. The molecule has 80 valence electrons. The Morgan fingerprint density at radius 3 is 2.50 bits per heavy atom. The van der Waals surface area contributed by atoms with Crippen LogP contribution in [0.25, 0.3) is 0 Å². The molecule has 1 aliphatic heterocycles. The highest BCUT2D eigenvalue weighted by Gasteiger charge is 2.33. The Bertz CT molecular complexity index is 361. The summed E-state index contributed by atoms with van der Waals surface area (Å²) in [6.07, 6.45) is 0.415. The Morgan fingerprint density at radius 2 is 2.14 bits per heavy atom. The van der Waals surface area contributed by atoms with Crippen molar-refractivity contribution in [3.8, 4) is 0 Å². The summed E-state index contributed by atoms with van der Waals surface area (Å²) in [6.45, 7) is 5.01. The Kier molecular flexibility index (Phi) is 2.96. The van der Waals surface area contributed by atoms with Crippen LogP contribution in [0.4, 0.5) is 0 Å². The zero-order valence-corrected chi connectivity index (χ0v) is 8.88. The fourth-order valence-corrected chi connectivity index (χ4v) is 3.09. The fraction of sp³-hybridized carbons (Fsp3) is 0.625. The van der Waals surface area contributed by atoms with Crippen molar-refractivity contribution in [1.29, 1.82) is 0 Å². The third kappa shape index (κ3) is 2.33.